The van der Waals surface area contributed by atoms with Gasteiger partial charge in [0.2, 0.25) is 0 Å². The summed E-state index contributed by atoms with van der Waals surface area (Å²) in [4.78, 5) is 97.9. The van der Waals surface area contributed by atoms with Gasteiger partial charge in [0.15, 0.2) is 5.78 Å². The zero-order chi connectivity index (χ0) is 70.0. The molecule has 5 amide bonds. The lowest BCUT2D eigenvalue weighted by Gasteiger charge is -2.30. The van der Waals surface area contributed by atoms with Crippen LogP contribution in [0.2, 0.25) is 0 Å². The highest BCUT2D eigenvalue weighted by Crippen LogP contribution is 2.38. The Morgan fingerprint density at radius 3 is 1.41 bits per heavy atom. The summed E-state index contributed by atoms with van der Waals surface area (Å²) in [6.45, 7) is 18.4. The molecule has 0 radical (unpaired) electrons. The molecule has 0 bridgehead atoms. The molecule has 3 atom stereocenters. The van der Waals surface area contributed by atoms with Gasteiger partial charge < -0.3 is 45.4 Å². The number of esters is 2. The molecule has 0 heterocycles. The fraction of sp³-hybridized carbons (Fsp3) is 0.347. The van der Waals surface area contributed by atoms with Gasteiger partial charge in [0.1, 0.15) is 22.9 Å². The number of ketones is 1. The Morgan fingerprint density at radius 1 is 0.510 bits per heavy atom. The van der Waals surface area contributed by atoms with E-state index in [9.17, 15) is 43.5 Å². The van der Waals surface area contributed by atoms with Gasteiger partial charge in [-0.05, 0) is 225 Å². The number of ether oxygens (including phenoxy) is 4. The highest BCUT2D eigenvalue weighted by molar-refractivity contribution is 6.09. The van der Waals surface area contributed by atoms with Crippen molar-refractivity contribution >= 4 is 88.2 Å². The Morgan fingerprint density at radius 2 is 0.938 bits per heavy atom. The summed E-state index contributed by atoms with van der Waals surface area (Å²) in [6, 6.07) is 36.2. The summed E-state index contributed by atoms with van der Waals surface area (Å²) in [5.41, 5.74) is 11.3. The number of carbonyl (C=O) groups is 8. The zero-order valence-corrected chi connectivity index (χ0v) is 56.1. The molecule has 3 unspecified atom stereocenters. The summed E-state index contributed by atoms with van der Waals surface area (Å²) in [5.74, 6) is -2.42. The molecule has 9 N–H and O–H groups in total. The van der Waals surface area contributed by atoms with E-state index in [2.05, 4.69) is 51.7 Å². The van der Waals surface area contributed by atoms with E-state index < -0.39 is 29.5 Å². The van der Waals surface area contributed by atoms with E-state index in [0.717, 1.165) is 47.2 Å². The molecule has 3 aliphatic carbocycles. The van der Waals surface area contributed by atoms with Crippen LogP contribution in [0.25, 0.3) is 6.08 Å². The highest BCUT2D eigenvalue weighted by atomic mass is 16.6. The monoisotopic (exact) mass is 1310 g/mol. The van der Waals surface area contributed by atoms with Crippen molar-refractivity contribution in [3.05, 3.63) is 200 Å². The molecule has 0 saturated heterocycles. The third-order valence-electron chi connectivity index (χ3n) is 15.8. The second-order valence-electron chi connectivity index (χ2n) is 25.4. The minimum atomic E-state index is -0.764. The average molecular weight is 1310 g/mol. The molecule has 0 saturated carbocycles. The molecule has 6 aromatic carbocycles. The lowest BCUT2D eigenvalue weighted by molar-refractivity contribution is -0.146. The van der Waals surface area contributed by atoms with E-state index >= 15 is 0 Å². The Bertz CT molecular complexity index is 3940. The molecule has 0 spiro atoms. The van der Waals surface area contributed by atoms with E-state index in [4.69, 9.17) is 35.2 Å². The molecular formula is C75H86N8O13. The van der Waals surface area contributed by atoms with Gasteiger partial charge >= 0.3 is 24.1 Å². The average Bonchev–Trinajstić information content (AvgIpc) is 0.816. The Balaban J connectivity index is 0.000000208. The normalized spacial score (nSPS) is 15.2. The van der Waals surface area contributed by atoms with Gasteiger partial charge in [-0.25, -0.2) is 9.59 Å². The van der Waals surface area contributed by atoms with Crippen LogP contribution in [0, 0.1) is 28.1 Å². The van der Waals surface area contributed by atoms with Gasteiger partial charge in [-0.2, -0.15) is 0 Å². The number of carbonyl (C=O) groups excluding carboxylic acids is 8. The van der Waals surface area contributed by atoms with Crippen LogP contribution in [0.3, 0.4) is 0 Å². The second kappa shape index (κ2) is 33.1. The maximum atomic E-state index is 12.8. The first kappa shape index (κ1) is 73.0. The van der Waals surface area contributed by atoms with E-state index in [-0.39, 0.29) is 78.4 Å². The number of rotatable bonds is 16. The van der Waals surface area contributed by atoms with Crippen molar-refractivity contribution in [2.24, 2.45) is 11.8 Å². The second-order valence-corrected chi connectivity index (χ2v) is 25.4. The van der Waals surface area contributed by atoms with Crippen molar-refractivity contribution in [3.8, 4) is 0 Å². The first-order valence-electron chi connectivity index (χ1n) is 32.1. The third kappa shape index (κ3) is 21.3. The van der Waals surface area contributed by atoms with Gasteiger partial charge in [-0.1, -0.05) is 67.1 Å². The first-order valence-corrected chi connectivity index (χ1v) is 32.1. The number of hydrogen-bond donors (Lipinski definition) is 9. The van der Waals surface area contributed by atoms with Gasteiger partial charge in [-0.15, -0.1) is 0 Å². The van der Waals surface area contributed by atoms with Gasteiger partial charge in [0.25, 0.3) is 17.7 Å². The van der Waals surface area contributed by atoms with E-state index in [1.54, 1.807) is 165 Å². The van der Waals surface area contributed by atoms with Crippen molar-refractivity contribution in [3.63, 3.8) is 0 Å². The van der Waals surface area contributed by atoms with Crippen molar-refractivity contribution in [2.75, 3.05) is 29.2 Å². The van der Waals surface area contributed by atoms with Crippen molar-refractivity contribution in [2.45, 2.75) is 144 Å². The molecule has 96 heavy (non-hydrogen) atoms. The minimum Gasteiger partial charge on any atom is -0.466 e. The Kier molecular flexibility index (Phi) is 25.2. The van der Waals surface area contributed by atoms with Crippen LogP contribution in [0.15, 0.2) is 133 Å². The number of anilines is 3. The summed E-state index contributed by atoms with van der Waals surface area (Å²) in [7, 11) is 0. The number of aryl methyl sites for hydroxylation is 3. The standard InChI is InChI=1S/C27H33N3O6.C27H31N3O6.C21H22N2O/c2*1-5-35-22(31)15-19-11-10-18-14-20(12-13-21(18)23(19)32)29-25(33)17-8-6-16(7-9-17)24(28)30-26(34)36-27(2,3)4;1-3-15-4-5-19-13-20(11-10-18(19)12-15)23-21(24)17-8-6-16(7-9-17)14(2)22/h6-9,12-14,19,23,32H,5,10-11,15H2,1-4H3,(H,29,33)(H2,28,30,34);6-9,12-14,19H,5,10-11,15H2,1-4H3,(H,29,33)(H2,28,30,34);6-13,22H,3-5H2,1-2H3,(H,23,24). The minimum absolute atomic E-state index is 0.0748. The maximum Gasteiger partial charge on any atom is 0.413 e. The van der Waals surface area contributed by atoms with E-state index in [1.807, 2.05) is 12.1 Å². The quantitative estimate of drug-likeness (QED) is 0.0189. The predicted molar refractivity (Wildman–Crippen MR) is 369 cm³/mol. The number of alkyl carbamates (subject to hydrolysis) is 2. The number of hydrogen-bond acceptors (Lipinski definition) is 16. The smallest absolute Gasteiger partial charge is 0.413 e. The number of aliphatic hydroxyl groups is 1. The molecule has 504 valence electrons. The summed E-state index contributed by atoms with van der Waals surface area (Å²) < 4.78 is 20.3. The number of fused-ring (bicyclic) bond motifs is 3. The number of Topliss-reactive ketones (excluding diaryl/α,β-unsaturated/α-hetero) is 1. The van der Waals surface area contributed by atoms with E-state index in [1.165, 1.54) is 16.7 Å². The summed E-state index contributed by atoms with van der Waals surface area (Å²) in [6.07, 6.45) is 6.04. The molecule has 0 aromatic heterocycles. The molecule has 21 nitrogen and oxygen atoms in total. The Labute approximate surface area is 560 Å². The SMILES string of the molecule is CCC1=Cc2ccc(NC(=O)c3ccc(C(C)=N)cc3)cc2CC1.CCOC(=O)CC1CCc2cc(NC(=O)c3ccc(C(=N)NC(=O)OC(C)(C)C)cc3)ccc2C1=O.CCOC(=O)CC1CCc2cc(NC(=O)c3ccc(C(=N)NC(=O)OC(C)(C)C)cc3)ccc2C1O. The van der Waals surface area contributed by atoms with Crippen LogP contribution >= 0.6 is 0 Å². The molecule has 3 aliphatic rings. The van der Waals surface area contributed by atoms with Crippen molar-refractivity contribution in [1.29, 1.82) is 16.2 Å². The highest BCUT2D eigenvalue weighted by Gasteiger charge is 2.32. The molecule has 21 heteroatoms. The van der Waals surface area contributed by atoms with Crippen molar-refractivity contribution in [1.82, 2.24) is 10.6 Å². The lowest BCUT2D eigenvalue weighted by Crippen LogP contribution is -2.36. The third-order valence-corrected chi connectivity index (χ3v) is 15.8. The molecule has 6 aromatic rings. The predicted octanol–water partition coefficient (Wildman–Crippen LogP) is 13.9. The maximum absolute atomic E-state index is 12.8. The largest absolute Gasteiger partial charge is 0.466 e. The Hall–Kier alpha value is -10.4. The fourth-order valence-corrected chi connectivity index (χ4v) is 10.9. The summed E-state index contributed by atoms with van der Waals surface area (Å²) in [5, 5.41) is 47.8. The fourth-order valence-electron chi connectivity index (χ4n) is 10.9. The van der Waals surface area contributed by atoms with Gasteiger partial charge in [0, 0.05) is 62.1 Å². The summed E-state index contributed by atoms with van der Waals surface area (Å²) >= 11 is 0. The molecule has 9 rings (SSSR count). The van der Waals surface area contributed by atoms with Crippen LogP contribution in [0.1, 0.15) is 200 Å². The van der Waals surface area contributed by atoms with Crippen LogP contribution < -0.4 is 26.6 Å². The number of allylic oxidation sites excluding steroid dienone is 1. The number of aliphatic hydroxyl groups excluding tert-OH is 1. The van der Waals surface area contributed by atoms with Crippen LogP contribution in [0.4, 0.5) is 26.7 Å². The van der Waals surface area contributed by atoms with Crippen LogP contribution in [-0.2, 0) is 47.8 Å². The van der Waals surface area contributed by atoms with Crippen LogP contribution in [-0.4, -0.2) is 94.5 Å². The van der Waals surface area contributed by atoms with Crippen LogP contribution in [0.5, 0.6) is 0 Å². The number of nitrogens with one attached hydrogen (secondary N) is 8. The number of amides is 5. The van der Waals surface area contributed by atoms with Gasteiger partial charge in [0.05, 0.1) is 32.2 Å². The molecule has 0 fully saturated rings. The van der Waals surface area contributed by atoms with Gasteiger partial charge in [-0.3, -0.25) is 50.2 Å². The first-order chi connectivity index (χ1) is 45.5. The van der Waals surface area contributed by atoms with E-state index in [0.29, 0.717) is 82.8 Å². The number of amidine groups is 2. The van der Waals surface area contributed by atoms with Crippen molar-refractivity contribution < 1.29 is 62.4 Å². The number of benzene rings is 6. The zero-order valence-electron chi connectivity index (χ0n) is 56.1. The molecular weight excluding hydrogens is 1220 g/mol. The topological polar surface area (TPSA) is 325 Å². The lowest BCUT2D eigenvalue weighted by atomic mass is 9.79. The molecule has 0 aliphatic heterocycles.